The Balaban J connectivity index is 0.000000570. The molecule has 0 aromatic heterocycles. The molecule has 3 heteroatoms. The van der Waals surface area contributed by atoms with E-state index >= 15 is 0 Å². The Kier molecular flexibility index (Phi) is 7.46. The first-order chi connectivity index (χ1) is 12.8. The third-order valence-corrected chi connectivity index (χ3v) is 4.42. The van der Waals surface area contributed by atoms with Crippen molar-refractivity contribution in [2.45, 2.75) is 40.5 Å². The largest absolute Gasteiger partial charge is 0.372 e. The van der Waals surface area contributed by atoms with Crippen molar-refractivity contribution in [3.63, 3.8) is 0 Å². The van der Waals surface area contributed by atoms with Crippen LogP contribution >= 0.6 is 0 Å². The molecule has 0 unspecified atom stereocenters. The first-order valence-corrected chi connectivity index (χ1v) is 9.81. The van der Waals surface area contributed by atoms with E-state index in [1.54, 1.807) is 0 Å². The number of rotatable bonds is 2. The summed E-state index contributed by atoms with van der Waals surface area (Å²) in [6.07, 6.45) is 2.60. The molecule has 2 heterocycles. The number of hydrogen-bond donors (Lipinski definition) is 1. The quantitative estimate of drug-likeness (QED) is 0.757. The van der Waals surface area contributed by atoms with Gasteiger partial charge in [0.15, 0.2) is 0 Å². The summed E-state index contributed by atoms with van der Waals surface area (Å²) in [5.74, 6) is 0. The molecular weight excluding hydrogens is 318 g/mol. The van der Waals surface area contributed by atoms with Crippen molar-refractivity contribution in [1.82, 2.24) is 5.43 Å². The highest BCUT2D eigenvalue weighted by Gasteiger charge is 2.18. The monoisotopic (exact) mass is 349 g/mol. The van der Waals surface area contributed by atoms with Crippen LogP contribution in [-0.2, 0) is 0 Å². The second-order valence-electron chi connectivity index (χ2n) is 5.84. The summed E-state index contributed by atoms with van der Waals surface area (Å²) in [5.41, 5.74) is 9.58. The Morgan fingerprint density at radius 1 is 0.846 bits per heavy atom. The zero-order valence-corrected chi connectivity index (χ0v) is 16.5. The number of hydrazone groups is 1. The summed E-state index contributed by atoms with van der Waals surface area (Å²) in [4.78, 5) is 2.44. The average Bonchev–Trinajstić information content (AvgIpc) is 3.27. The van der Waals surface area contributed by atoms with Crippen molar-refractivity contribution in [2.75, 3.05) is 18.0 Å². The summed E-state index contributed by atoms with van der Waals surface area (Å²) in [5, 5.41) is 4.50. The van der Waals surface area contributed by atoms with E-state index in [4.69, 9.17) is 0 Å². The predicted octanol–water partition coefficient (Wildman–Crippen LogP) is 5.67. The fraction of sp³-hybridized carbons (Fsp3) is 0.348. The van der Waals surface area contributed by atoms with E-state index in [0.717, 1.165) is 28.1 Å². The number of nitrogens with one attached hydrogen (secondary N) is 1. The summed E-state index contributed by atoms with van der Waals surface area (Å²) >= 11 is 0. The van der Waals surface area contributed by atoms with Crippen molar-refractivity contribution >= 4 is 17.1 Å². The third-order valence-electron chi connectivity index (χ3n) is 4.42. The molecule has 0 amide bonds. The molecule has 3 nitrogen and oxygen atoms in total. The lowest BCUT2D eigenvalue weighted by molar-refractivity contribution is 0.949. The molecule has 138 valence electrons. The second kappa shape index (κ2) is 9.81. The molecule has 0 aliphatic carbocycles. The van der Waals surface area contributed by atoms with E-state index in [0.29, 0.717) is 0 Å². The highest BCUT2D eigenvalue weighted by atomic mass is 15.3. The Labute approximate surface area is 158 Å². The molecule has 2 aliphatic rings. The van der Waals surface area contributed by atoms with E-state index in [-0.39, 0.29) is 0 Å². The van der Waals surface area contributed by atoms with Crippen LogP contribution in [0.5, 0.6) is 0 Å². The standard InChI is InChI=1S/C19H19N3.2C2H6/c1-14-17-6-2-3-7-18(17)19(21-20-14)15-8-10-16(11-9-15)22-12-4-5-13-22;2*1-2/h2-3,6-11,20H,1,4-5,12-13H2;2*1-2H3. The molecule has 2 aromatic rings. The number of anilines is 1. The van der Waals surface area contributed by atoms with Gasteiger partial charge in [-0.2, -0.15) is 5.10 Å². The van der Waals surface area contributed by atoms with Crippen LogP contribution in [0, 0.1) is 0 Å². The van der Waals surface area contributed by atoms with Crippen molar-refractivity contribution in [3.8, 4) is 0 Å². The van der Waals surface area contributed by atoms with Gasteiger partial charge in [0.25, 0.3) is 0 Å². The lowest BCUT2D eigenvalue weighted by Crippen LogP contribution is -2.20. The van der Waals surface area contributed by atoms with E-state index in [9.17, 15) is 0 Å². The normalized spacial score (nSPS) is 14.8. The summed E-state index contributed by atoms with van der Waals surface area (Å²) in [6, 6.07) is 17.0. The van der Waals surface area contributed by atoms with Gasteiger partial charge in [-0.3, -0.25) is 5.43 Å². The van der Waals surface area contributed by atoms with Gasteiger partial charge in [0, 0.05) is 35.5 Å². The van der Waals surface area contributed by atoms with Gasteiger partial charge in [-0.05, 0) is 25.0 Å². The topological polar surface area (TPSA) is 27.6 Å². The zero-order valence-electron chi connectivity index (χ0n) is 16.5. The Hall–Kier alpha value is -2.55. The van der Waals surface area contributed by atoms with Crippen LogP contribution in [0.3, 0.4) is 0 Å². The van der Waals surface area contributed by atoms with Gasteiger partial charge in [-0.15, -0.1) is 0 Å². The smallest absolute Gasteiger partial charge is 0.0984 e. The molecule has 0 radical (unpaired) electrons. The molecule has 1 saturated heterocycles. The SMILES string of the molecule is C=C1NN=C(c2ccc(N3CCCC3)cc2)c2ccccc21.CC.CC. The molecule has 1 fully saturated rings. The Bertz CT molecular complexity index is 738. The van der Waals surface area contributed by atoms with Gasteiger partial charge in [-0.1, -0.05) is 70.7 Å². The van der Waals surface area contributed by atoms with Gasteiger partial charge in [0.2, 0.25) is 0 Å². The molecule has 2 aliphatic heterocycles. The van der Waals surface area contributed by atoms with Crippen LogP contribution in [0.25, 0.3) is 5.70 Å². The lowest BCUT2D eigenvalue weighted by Gasteiger charge is -2.21. The first kappa shape index (κ1) is 19.8. The lowest BCUT2D eigenvalue weighted by atomic mass is 9.95. The highest BCUT2D eigenvalue weighted by Crippen LogP contribution is 2.26. The molecule has 2 aromatic carbocycles. The van der Waals surface area contributed by atoms with Gasteiger partial charge in [-0.25, -0.2) is 0 Å². The average molecular weight is 350 g/mol. The van der Waals surface area contributed by atoms with Crippen LogP contribution in [0.4, 0.5) is 5.69 Å². The minimum atomic E-state index is 0.855. The number of benzene rings is 2. The fourth-order valence-electron chi connectivity index (χ4n) is 3.22. The Morgan fingerprint density at radius 3 is 2.04 bits per heavy atom. The minimum Gasteiger partial charge on any atom is -0.372 e. The van der Waals surface area contributed by atoms with E-state index < -0.39 is 0 Å². The van der Waals surface area contributed by atoms with Crippen LogP contribution in [0.1, 0.15) is 57.2 Å². The summed E-state index contributed by atoms with van der Waals surface area (Å²) in [6.45, 7) is 14.4. The molecule has 0 atom stereocenters. The van der Waals surface area contributed by atoms with Crippen molar-refractivity contribution in [3.05, 3.63) is 71.8 Å². The number of fused-ring (bicyclic) bond motifs is 1. The summed E-state index contributed by atoms with van der Waals surface area (Å²) in [7, 11) is 0. The van der Waals surface area contributed by atoms with Gasteiger partial charge in [0.05, 0.1) is 11.4 Å². The third kappa shape index (κ3) is 4.16. The van der Waals surface area contributed by atoms with Gasteiger partial charge < -0.3 is 4.90 Å². The summed E-state index contributed by atoms with van der Waals surface area (Å²) < 4.78 is 0. The molecule has 0 saturated carbocycles. The molecule has 0 bridgehead atoms. The fourth-order valence-corrected chi connectivity index (χ4v) is 3.22. The van der Waals surface area contributed by atoms with Crippen molar-refractivity contribution < 1.29 is 0 Å². The van der Waals surface area contributed by atoms with Crippen molar-refractivity contribution in [2.24, 2.45) is 5.10 Å². The first-order valence-electron chi connectivity index (χ1n) is 9.81. The second-order valence-corrected chi connectivity index (χ2v) is 5.84. The van der Waals surface area contributed by atoms with Crippen LogP contribution in [0.2, 0.25) is 0 Å². The maximum absolute atomic E-state index is 4.50. The molecule has 1 N–H and O–H groups in total. The van der Waals surface area contributed by atoms with Crippen LogP contribution in [0.15, 0.2) is 60.2 Å². The zero-order chi connectivity index (χ0) is 18.9. The van der Waals surface area contributed by atoms with E-state index in [1.807, 2.05) is 39.8 Å². The van der Waals surface area contributed by atoms with Crippen molar-refractivity contribution in [1.29, 1.82) is 0 Å². The van der Waals surface area contributed by atoms with E-state index in [2.05, 4.69) is 58.4 Å². The number of nitrogens with zero attached hydrogens (tertiary/aromatic N) is 2. The van der Waals surface area contributed by atoms with E-state index in [1.165, 1.54) is 31.6 Å². The Morgan fingerprint density at radius 2 is 1.42 bits per heavy atom. The molecule has 0 spiro atoms. The highest BCUT2D eigenvalue weighted by molar-refractivity contribution is 6.16. The minimum absolute atomic E-state index is 0.855. The number of hydrogen-bond acceptors (Lipinski definition) is 3. The maximum Gasteiger partial charge on any atom is 0.0984 e. The molecule has 4 rings (SSSR count). The van der Waals surface area contributed by atoms with Gasteiger partial charge >= 0.3 is 0 Å². The predicted molar refractivity (Wildman–Crippen MR) is 115 cm³/mol. The van der Waals surface area contributed by atoms with Gasteiger partial charge in [0.1, 0.15) is 0 Å². The van der Waals surface area contributed by atoms with Crippen LogP contribution in [-0.4, -0.2) is 18.8 Å². The maximum atomic E-state index is 4.50. The molecular formula is C23H31N3. The van der Waals surface area contributed by atoms with Crippen LogP contribution < -0.4 is 10.3 Å². The molecule has 26 heavy (non-hydrogen) atoms.